The van der Waals surface area contributed by atoms with Crippen LogP contribution in [-0.2, 0) is 10.0 Å². The molecule has 0 radical (unpaired) electrons. The number of aromatic nitrogens is 1. The topological polar surface area (TPSA) is 82.8 Å². The van der Waals surface area contributed by atoms with E-state index in [1.807, 2.05) is 6.07 Å². The van der Waals surface area contributed by atoms with E-state index < -0.39 is 10.0 Å². The molecule has 0 spiro atoms. The smallest absolute Gasteiger partial charge is 0.261 e. The van der Waals surface area contributed by atoms with Crippen LogP contribution in [0, 0.1) is 11.3 Å². The van der Waals surface area contributed by atoms with Crippen LogP contribution in [0.2, 0.25) is 5.15 Å². The average molecular weight is 294 g/mol. The number of hydrogen-bond donors (Lipinski definition) is 1. The standard InChI is InChI=1S/C12H8ClN3O2S/c13-12-11(2-1-7-15-12)16-19(17,18)10-5-3-9(8-14)4-6-10/h1-7,16H. The summed E-state index contributed by atoms with van der Waals surface area (Å²) in [4.78, 5) is 3.83. The molecule has 1 N–H and O–H groups in total. The second kappa shape index (κ2) is 5.26. The summed E-state index contributed by atoms with van der Waals surface area (Å²) in [6, 6.07) is 10.6. The third kappa shape index (κ3) is 3.02. The summed E-state index contributed by atoms with van der Waals surface area (Å²) in [6.45, 7) is 0. The molecule has 0 bridgehead atoms. The van der Waals surface area contributed by atoms with Gasteiger partial charge in [0.25, 0.3) is 10.0 Å². The second-order valence-corrected chi connectivity index (χ2v) is 5.62. The van der Waals surface area contributed by atoms with Crippen LogP contribution in [0.1, 0.15) is 5.56 Å². The molecule has 0 saturated heterocycles. The molecule has 0 aliphatic carbocycles. The van der Waals surface area contributed by atoms with Crippen LogP contribution in [0.4, 0.5) is 5.69 Å². The molecule has 0 amide bonds. The summed E-state index contributed by atoms with van der Waals surface area (Å²) >= 11 is 5.78. The summed E-state index contributed by atoms with van der Waals surface area (Å²) < 4.78 is 26.5. The van der Waals surface area contributed by atoms with E-state index in [-0.39, 0.29) is 15.7 Å². The zero-order valence-corrected chi connectivity index (χ0v) is 11.1. The number of nitrogens with zero attached hydrogens (tertiary/aromatic N) is 2. The van der Waals surface area contributed by atoms with Crippen molar-refractivity contribution in [2.24, 2.45) is 0 Å². The first kappa shape index (κ1) is 13.3. The Bertz CT molecular complexity index is 736. The Hall–Kier alpha value is -2.10. The fourth-order valence-electron chi connectivity index (χ4n) is 1.37. The monoisotopic (exact) mass is 293 g/mol. The van der Waals surface area contributed by atoms with Crippen LogP contribution in [0.5, 0.6) is 0 Å². The molecule has 19 heavy (non-hydrogen) atoms. The number of sulfonamides is 1. The SMILES string of the molecule is N#Cc1ccc(S(=O)(=O)Nc2cccnc2Cl)cc1. The molecule has 5 nitrogen and oxygen atoms in total. The lowest BCUT2D eigenvalue weighted by Gasteiger charge is -2.08. The Morgan fingerprint density at radius 3 is 2.47 bits per heavy atom. The van der Waals surface area contributed by atoms with Gasteiger partial charge in [-0.2, -0.15) is 5.26 Å². The maximum absolute atomic E-state index is 12.1. The number of halogens is 1. The molecular weight excluding hydrogens is 286 g/mol. The second-order valence-electron chi connectivity index (χ2n) is 3.58. The fourth-order valence-corrected chi connectivity index (χ4v) is 2.66. The van der Waals surface area contributed by atoms with Gasteiger partial charge < -0.3 is 0 Å². The van der Waals surface area contributed by atoms with E-state index in [0.717, 1.165) is 0 Å². The number of nitriles is 1. The number of hydrogen-bond acceptors (Lipinski definition) is 4. The Balaban J connectivity index is 2.33. The van der Waals surface area contributed by atoms with Gasteiger partial charge in [0.15, 0.2) is 5.15 Å². The molecule has 0 aliphatic heterocycles. The lowest BCUT2D eigenvalue weighted by molar-refractivity contribution is 0.601. The van der Waals surface area contributed by atoms with Crippen molar-refractivity contribution in [3.63, 3.8) is 0 Å². The lowest BCUT2D eigenvalue weighted by atomic mass is 10.2. The van der Waals surface area contributed by atoms with Crippen molar-refractivity contribution in [2.75, 3.05) is 4.72 Å². The van der Waals surface area contributed by atoms with Crippen LogP contribution in [0.25, 0.3) is 0 Å². The van der Waals surface area contributed by atoms with Crippen molar-refractivity contribution < 1.29 is 8.42 Å². The van der Waals surface area contributed by atoms with Gasteiger partial charge >= 0.3 is 0 Å². The maximum atomic E-state index is 12.1. The minimum atomic E-state index is -3.74. The van der Waals surface area contributed by atoms with Crippen LogP contribution in [0.3, 0.4) is 0 Å². The van der Waals surface area contributed by atoms with Crippen molar-refractivity contribution in [2.45, 2.75) is 4.90 Å². The first-order valence-corrected chi connectivity index (χ1v) is 7.02. The van der Waals surface area contributed by atoms with Crippen LogP contribution >= 0.6 is 11.6 Å². The van der Waals surface area contributed by atoms with Crippen molar-refractivity contribution in [1.82, 2.24) is 4.98 Å². The van der Waals surface area contributed by atoms with Gasteiger partial charge in [0, 0.05) is 6.20 Å². The van der Waals surface area contributed by atoms with Crippen molar-refractivity contribution in [3.8, 4) is 6.07 Å². The van der Waals surface area contributed by atoms with Gasteiger partial charge in [-0.05, 0) is 36.4 Å². The largest absolute Gasteiger partial charge is 0.276 e. The van der Waals surface area contributed by atoms with Gasteiger partial charge in [-0.1, -0.05) is 11.6 Å². The number of nitrogens with one attached hydrogen (secondary N) is 1. The molecule has 96 valence electrons. The van der Waals surface area contributed by atoms with E-state index >= 15 is 0 Å². The maximum Gasteiger partial charge on any atom is 0.261 e. The minimum Gasteiger partial charge on any atom is -0.276 e. The van der Waals surface area contributed by atoms with Gasteiger partial charge in [0.05, 0.1) is 22.2 Å². The molecule has 0 fully saturated rings. The van der Waals surface area contributed by atoms with Gasteiger partial charge in [0.2, 0.25) is 0 Å². The number of benzene rings is 1. The molecule has 0 aliphatic rings. The lowest BCUT2D eigenvalue weighted by Crippen LogP contribution is -2.13. The van der Waals surface area contributed by atoms with Crippen molar-refractivity contribution in [1.29, 1.82) is 5.26 Å². The van der Waals surface area contributed by atoms with Gasteiger partial charge in [-0.25, -0.2) is 13.4 Å². The van der Waals surface area contributed by atoms with E-state index in [9.17, 15) is 8.42 Å². The van der Waals surface area contributed by atoms with Gasteiger partial charge in [-0.15, -0.1) is 0 Å². The molecule has 1 heterocycles. The third-order valence-corrected chi connectivity index (χ3v) is 3.98. The molecule has 2 aromatic rings. The predicted molar refractivity (Wildman–Crippen MR) is 71.2 cm³/mol. The third-order valence-electron chi connectivity index (χ3n) is 2.30. The Labute approximate surface area is 115 Å². The van der Waals surface area contributed by atoms with E-state index in [1.54, 1.807) is 6.07 Å². The predicted octanol–water partition coefficient (Wildman–Crippen LogP) is 2.41. The van der Waals surface area contributed by atoms with E-state index in [2.05, 4.69) is 9.71 Å². The summed E-state index contributed by atoms with van der Waals surface area (Å²) in [5.74, 6) is 0. The highest BCUT2D eigenvalue weighted by Crippen LogP contribution is 2.21. The highest BCUT2D eigenvalue weighted by molar-refractivity contribution is 7.92. The summed E-state index contributed by atoms with van der Waals surface area (Å²) in [5.41, 5.74) is 0.590. The van der Waals surface area contributed by atoms with E-state index in [1.165, 1.54) is 36.5 Å². The molecule has 7 heteroatoms. The van der Waals surface area contributed by atoms with Crippen molar-refractivity contribution >= 4 is 27.3 Å². The first-order valence-electron chi connectivity index (χ1n) is 5.16. The Morgan fingerprint density at radius 1 is 1.21 bits per heavy atom. The number of anilines is 1. The molecule has 0 saturated carbocycles. The van der Waals surface area contributed by atoms with Crippen molar-refractivity contribution in [3.05, 3.63) is 53.3 Å². The average Bonchev–Trinajstić information content (AvgIpc) is 2.41. The molecule has 1 aromatic carbocycles. The summed E-state index contributed by atoms with van der Waals surface area (Å²) in [6.07, 6.45) is 1.46. The molecular formula is C12H8ClN3O2S. The minimum absolute atomic E-state index is 0.0476. The fraction of sp³-hybridized carbons (Fsp3) is 0. The Morgan fingerprint density at radius 2 is 1.89 bits per heavy atom. The molecule has 1 aromatic heterocycles. The zero-order chi connectivity index (χ0) is 13.9. The van der Waals surface area contributed by atoms with Crippen LogP contribution in [0.15, 0.2) is 47.5 Å². The van der Waals surface area contributed by atoms with Gasteiger partial charge in [0.1, 0.15) is 0 Å². The molecule has 0 unspecified atom stereocenters. The number of rotatable bonds is 3. The normalized spacial score (nSPS) is 10.7. The highest BCUT2D eigenvalue weighted by atomic mass is 35.5. The number of pyridine rings is 1. The quantitative estimate of drug-likeness (QED) is 0.881. The van der Waals surface area contributed by atoms with E-state index in [0.29, 0.717) is 5.56 Å². The first-order chi connectivity index (χ1) is 9.03. The summed E-state index contributed by atoms with van der Waals surface area (Å²) in [5, 5.41) is 8.73. The van der Waals surface area contributed by atoms with Gasteiger partial charge in [-0.3, -0.25) is 4.72 Å². The zero-order valence-electron chi connectivity index (χ0n) is 9.54. The van der Waals surface area contributed by atoms with E-state index in [4.69, 9.17) is 16.9 Å². The molecule has 0 atom stereocenters. The highest BCUT2D eigenvalue weighted by Gasteiger charge is 2.15. The summed E-state index contributed by atoms with van der Waals surface area (Å²) in [7, 11) is -3.74. The molecule has 2 rings (SSSR count). The Kier molecular flexibility index (Phi) is 3.69. The van der Waals surface area contributed by atoms with Crippen LogP contribution < -0.4 is 4.72 Å². The van der Waals surface area contributed by atoms with Crippen LogP contribution in [-0.4, -0.2) is 13.4 Å².